The third-order valence-corrected chi connectivity index (χ3v) is 4.01. The lowest BCUT2D eigenvalue weighted by molar-refractivity contribution is -0.151. The number of carbonyl (C=O) groups excluding carboxylic acids is 2. The van der Waals surface area contributed by atoms with E-state index in [0.717, 1.165) is 36.9 Å². The number of hydrogen-bond donors (Lipinski definition) is 0. The Balaban J connectivity index is 1.58. The number of ether oxygens (including phenoxy) is 2. The first kappa shape index (κ1) is 15.4. The minimum atomic E-state index is -0.434. The molecule has 0 atom stereocenters. The number of carbonyl (C=O) groups is 2. The molecule has 1 amide bonds. The molecule has 2 heterocycles. The molecule has 0 spiro atoms. The molecule has 6 nitrogen and oxygen atoms in total. The second-order valence-electron chi connectivity index (χ2n) is 5.55. The van der Waals surface area contributed by atoms with E-state index in [1.165, 1.54) is 6.26 Å². The highest BCUT2D eigenvalue weighted by atomic mass is 16.5. The van der Waals surface area contributed by atoms with Gasteiger partial charge in [-0.3, -0.25) is 9.59 Å². The van der Waals surface area contributed by atoms with Crippen LogP contribution in [0, 0.1) is 0 Å². The number of benzene rings is 1. The van der Waals surface area contributed by atoms with Gasteiger partial charge in [0.15, 0.2) is 6.61 Å². The fourth-order valence-electron chi connectivity index (χ4n) is 2.73. The van der Waals surface area contributed by atoms with E-state index in [1.807, 2.05) is 12.1 Å². The van der Waals surface area contributed by atoms with Crippen LogP contribution in [-0.2, 0) is 20.7 Å². The van der Waals surface area contributed by atoms with E-state index >= 15 is 0 Å². The van der Waals surface area contributed by atoms with Crippen molar-refractivity contribution in [1.82, 2.24) is 4.90 Å². The third kappa shape index (κ3) is 3.47. The highest BCUT2D eigenvalue weighted by molar-refractivity contribution is 5.87. The summed E-state index contributed by atoms with van der Waals surface area (Å²) in [5.41, 5.74) is 1.39. The molecule has 1 aromatic carbocycles. The predicted octanol–water partition coefficient (Wildman–Crippen LogP) is 2.15. The molecule has 1 saturated heterocycles. The number of likely N-dealkylation sites (tertiary alicyclic amines) is 1. The second-order valence-corrected chi connectivity index (χ2v) is 5.55. The van der Waals surface area contributed by atoms with Crippen LogP contribution >= 0.6 is 0 Å². The van der Waals surface area contributed by atoms with Crippen molar-refractivity contribution < 1.29 is 23.5 Å². The van der Waals surface area contributed by atoms with Crippen molar-refractivity contribution in [2.45, 2.75) is 19.3 Å². The zero-order valence-electron chi connectivity index (χ0n) is 13.0. The number of amides is 1. The fraction of sp³-hybridized carbons (Fsp3) is 0.412. The average Bonchev–Trinajstić information content (AvgIpc) is 3.22. The largest absolute Gasteiger partial charge is 0.497 e. The van der Waals surface area contributed by atoms with E-state index < -0.39 is 5.97 Å². The molecular formula is C17H19NO5. The number of methoxy groups -OCH3 is 1. The van der Waals surface area contributed by atoms with Gasteiger partial charge in [0.25, 0.3) is 5.91 Å². The van der Waals surface area contributed by atoms with Crippen LogP contribution in [-0.4, -0.2) is 43.6 Å². The van der Waals surface area contributed by atoms with Crippen molar-refractivity contribution in [1.29, 1.82) is 0 Å². The Bertz CT molecular complexity index is 715. The van der Waals surface area contributed by atoms with Gasteiger partial charge in [-0.25, -0.2) is 0 Å². The van der Waals surface area contributed by atoms with Crippen LogP contribution in [0.15, 0.2) is 28.9 Å². The van der Waals surface area contributed by atoms with E-state index in [9.17, 15) is 9.59 Å². The third-order valence-electron chi connectivity index (χ3n) is 4.01. The summed E-state index contributed by atoms with van der Waals surface area (Å²) in [5.74, 6) is 0.130. The van der Waals surface area contributed by atoms with Crippen molar-refractivity contribution in [2.24, 2.45) is 0 Å². The van der Waals surface area contributed by atoms with Gasteiger partial charge in [0.05, 0.1) is 19.8 Å². The molecule has 1 aromatic heterocycles. The van der Waals surface area contributed by atoms with E-state index in [4.69, 9.17) is 13.9 Å². The maximum absolute atomic E-state index is 11.9. The summed E-state index contributed by atoms with van der Waals surface area (Å²) in [7, 11) is 1.58. The standard InChI is InChI=1S/C17H19NO5/c1-21-13-4-5-14-12(10-22-15(14)9-13)8-17(20)23-11-16(19)18-6-2-3-7-18/h4-5,9-10H,2-3,6-8,11H2,1H3. The van der Waals surface area contributed by atoms with Gasteiger partial charge >= 0.3 is 5.97 Å². The first-order chi connectivity index (χ1) is 11.2. The van der Waals surface area contributed by atoms with Gasteiger partial charge in [0, 0.05) is 30.1 Å². The van der Waals surface area contributed by atoms with Gasteiger partial charge in [-0.2, -0.15) is 0 Å². The summed E-state index contributed by atoms with van der Waals surface area (Å²) in [4.78, 5) is 25.5. The van der Waals surface area contributed by atoms with Crippen LogP contribution in [0.5, 0.6) is 5.75 Å². The normalized spacial score (nSPS) is 14.2. The van der Waals surface area contributed by atoms with Crippen LogP contribution in [0.2, 0.25) is 0 Å². The summed E-state index contributed by atoms with van der Waals surface area (Å²) < 4.78 is 15.7. The zero-order chi connectivity index (χ0) is 16.2. The Kier molecular flexibility index (Phi) is 4.50. The number of rotatable bonds is 5. The number of esters is 1. The molecular weight excluding hydrogens is 298 g/mol. The quantitative estimate of drug-likeness (QED) is 0.790. The Morgan fingerprint density at radius 1 is 1.26 bits per heavy atom. The van der Waals surface area contributed by atoms with Gasteiger partial charge in [-0.1, -0.05) is 0 Å². The molecule has 1 aliphatic rings. The SMILES string of the molecule is COc1ccc2c(CC(=O)OCC(=O)N3CCCC3)coc2c1. The number of hydrogen-bond acceptors (Lipinski definition) is 5. The molecule has 0 N–H and O–H groups in total. The molecule has 2 aromatic rings. The fourth-order valence-corrected chi connectivity index (χ4v) is 2.73. The molecule has 0 bridgehead atoms. The Hall–Kier alpha value is -2.50. The lowest BCUT2D eigenvalue weighted by Gasteiger charge is -2.14. The minimum Gasteiger partial charge on any atom is -0.497 e. The van der Waals surface area contributed by atoms with Crippen molar-refractivity contribution in [2.75, 3.05) is 26.8 Å². The van der Waals surface area contributed by atoms with Crippen LogP contribution in [0.4, 0.5) is 0 Å². The van der Waals surface area contributed by atoms with Gasteiger partial charge in [0.2, 0.25) is 0 Å². The van der Waals surface area contributed by atoms with E-state index in [2.05, 4.69) is 0 Å². The summed E-state index contributed by atoms with van der Waals surface area (Å²) in [6.07, 6.45) is 3.65. The summed E-state index contributed by atoms with van der Waals surface area (Å²) in [5, 5.41) is 0.841. The van der Waals surface area contributed by atoms with Crippen molar-refractivity contribution in [3.05, 3.63) is 30.0 Å². The van der Waals surface area contributed by atoms with Crippen LogP contribution in [0.25, 0.3) is 11.0 Å². The Morgan fingerprint density at radius 2 is 2.04 bits per heavy atom. The average molecular weight is 317 g/mol. The molecule has 1 aliphatic heterocycles. The van der Waals surface area contributed by atoms with Crippen molar-refractivity contribution in [3.8, 4) is 5.75 Å². The monoisotopic (exact) mass is 317 g/mol. The molecule has 23 heavy (non-hydrogen) atoms. The van der Waals surface area contributed by atoms with Crippen LogP contribution < -0.4 is 4.74 Å². The van der Waals surface area contributed by atoms with Crippen LogP contribution in [0.1, 0.15) is 18.4 Å². The highest BCUT2D eigenvalue weighted by Gasteiger charge is 2.19. The minimum absolute atomic E-state index is 0.0760. The van der Waals surface area contributed by atoms with Crippen molar-refractivity contribution in [3.63, 3.8) is 0 Å². The van der Waals surface area contributed by atoms with Crippen molar-refractivity contribution >= 4 is 22.8 Å². The molecule has 122 valence electrons. The van der Waals surface area contributed by atoms with Gasteiger partial charge < -0.3 is 18.8 Å². The maximum Gasteiger partial charge on any atom is 0.310 e. The molecule has 0 radical (unpaired) electrons. The van der Waals surface area contributed by atoms with E-state index in [1.54, 1.807) is 18.1 Å². The molecule has 3 rings (SSSR count). The van der Waals surface area contributed by atoms with Gasteiger partial charge in [0.1, 0.15) is 11.3 Å². The Morgan fingerprint density at radius 3 is 2.78 bits per heavy atom. The second kappa shape index (κ2) is 6.73. The Labute approximate surface area is 133 Å². The molecule has 0 saturated carbocycles. The molecule has 6 heteroatoms. The topological polar surface area (TPSA) is 69.0 Å². The summed E-state index contributed by atoms with van der Waals surface area (Å²) >= 11 is 0. The molecule has 1 fully saturated rings. The van der Waals surface area contributed by atoms with Crippen LogP contribution in [0.3, 0.4) is 0 Å². The summed E-state index contributed by atoms with van der Waals surface area (Å²) in [6, 6.07) is 5.42. The first-order valence-electron chi connectivity index (χ1n) is 7.65. The lowest BCUT2D eigenvalue weighted by Crippen LogP contribution is -2.32. The predicted molar refractivity (Wildman–Crippen MR) is 83.2 cm³/mol. The van der Waals surface area contributed by atoms with Gasteiger partial charge in [-0.15, -0.1) is 0 Å². The number of fused-ring (bicyclic) bond motifs is 1. The smallest absolute Gasteiger partial charge is 0.310 e. The number of nitrogens with zero attached hydrogens (tertiary/aromatic N) is 1. The molecule has 0 aliphatic carbocycles. The van der Waals surface area contributed by atoms with Gasteiger partial charge in [-0.05, 0) is 25.0 Å². The lowest BCUT2D eigenvalue weighted by atomic mass is 10.1. The zero-order valence-corrected chi connectivity index (χ0v) is 13.0. The highest BCUT2D eigenvalue weighted by Crippen LogP contribution is 2.26. The summed E-state index contributed by atoms with van der Waals surface area (Å²) in [6.45, 7) is 1.32. The van der Waals surface area contributed by atoms with E-state index in [0.29, 0.717) is 11.3 Å². The van der Waals surface area contributed by atoms with E-state index in [-0.39, 0.29) is 18.9 Å². The molecule has 0 unspecified atom stereocenters. The maximum atomic E-state index is 11.9. The number of furan rings is 1. The first-order valence-corrected chi connectivity index (χ1v) is 7.65.